The smallest absolute Gasteiger partial charge is 0.319 e. The number of aromatic nitrogens is 3. The first-order valence-electron chi connectivity index (χ1n) is 6.21. The zero-order valence-corrected chi connectivity index (χ0v) is 11.3. The average Bonchev–Trinajstić information content (AvgIpc) is 2.90. The number of aromatic amines is 1. The van der Waals surface area contributed by atoms with E-state index in [0.717, 1.165) is 5.56 Å². The van der Waals surface area contributed by atoms with Crippen LogP contribution < -0.4 is 0 Å². The standard InChI is InChI=1S/C14H17N3O2/c1-4-19-13(18)14(2,3)12-15-11(16-17-12)10-8-6-5-7-9-10/h5-9H,4H2,1-3H3,(H,15,16,17). The molecule has 0 radical (unpaired) electrons. The van der Waals surface area contributed by atoms with Gasteiger partial charge in [-0.25, -0.2) is 4.98 Å². The Morgan fingerprint density at radius 2 is 2.00 bits per heavy atom. The number of rotatable bonds is 4. The Bertz CT molecular complexity index is 561. The quantitative estimate of drug-likeness (QED) is 0.855. The van der Waals surface area contributed by atoms with Crippen LogP contribution in [-0.2, 0) is 14.9 Å². The van der Waals surface area contributed by atoms with E-state index in [1.54, 1.807) is 20.8 Å². The van der Waals surface area contributed by atoms with Crippen LogP contribution in [0.5, 0.6) is 0 Å². The third-order valence-corrected chi connectivity index (χ3v) is 2.90. The number of benzene rings is 1. The highest BCUT2D eigenvalue weighted by atomic mass is 16.5. The molecule has 0 saturated heterocycles. The van der Waals surface area contributed by atoms with Crippen molar-refractivity contribution in [1.29, 1.82) is 0 Å². The van der Waals surface area contributed by atoms with Crippen molar-refractivity contribution in [1.82, 2.24) is 15.2 Å². The minimum Gasteiger partial charge on any atom is -0.465 e. The van der Waals surface area contributed by atoms with Gasteiger partial charge in [0.1, 0.15) is 11.2 Å². The fourth-order valence-corrected chi connectivity index (χ4v) is 1.67. The van der Waals surface area contributed by atoms with E-state index in [4.69, 9.17) is 4.74 Å². The Morgan fingerprint density at radius 1 is 1.32 bits per heavy atom. The van der Waals surface area contributed by atoms with Gasteiger partial charge in [-0.3, -0.25) is 9.89 Å². The summed E-state index contributed by atoms with van der Waals surface area (Å²) in [5, 5.41) is 6.97. The number of H-pyrrole nitrogens is 1. The van der Waals surface area contributed by atoms with Crippen LogP contribution in [0.3, 0.4) is 0 Å². The fraction of sp³-hybridized carbons (Fsp3) is 0.357. The number of carbonyl (C=O) groups is 1. The molecule has 5 nitrogen and oxygen atoms in total. The van der Waals surface area contributed by atoms with Crippen LogP contribution in [-0.4, -0.2) is 27.8 Å². The second-order valence-electron chi connectivity index (χ2n) is 4.72. The molecule has 0 spiro atoms. The highest BCUT2D eigenvalue weighted by molar-refractivity contribution is 5.81. The molecule has 0 bridgehead atoms. The second kappa shape index (κ2) is 5.22. The van der Waals surface area contributed by atoms with E-state index in [2.05, 4.69) is 15.2 Å². The molecule has 1 aromatic heterocycles. The van der Waals surface area contributed by atoms with Crippen LogP contribution in [0.2, 0.25) is 0 Å². The van der Waals surface area contributed by atoms with Gasteiger partial charge in [-0.15, -0.1) is 0 Å². The first kappa shape index (κ1) is 13.3. The van der Waals surface area contributed by atoms with Crippen LogP contribution in [0, 0.1) is 0 Å². The third-order valence-electron chi connectivity index (χ3n) is 2.90. The first-order chi connectivity index (χ1) is 9.05. The first-order valence-corrected chi connectivity index (χ1v) is 6.21. The average molecular weight is 259 g/mol. The number of esters is 1. The Kier molecular flexibility index (Phi) is 3.64. The number of hydrogen-bond acceptors (Lipinski definition) is 4. The zero-order valence-electron chi connectivity index (χ0n) is 11.3. The highest BCUT2D eigenvalue weighted by Gasteiger charge is 2.35. The number of carbonyl (C=O) groups excluding carboxylic acids is 1. The molecule has 1 heterocycles. The van der Waals surface area contributed by atoms with Crippen LogP contribution in [0.15, 0.2) is 30.3 Å². The van der Waals surface area contributed by atoms with Crippen LogP contribution in [0.25, 0.3) is 11.4 Å². The van der Waals surface area contributed by atoms with E-state index in [-0.39, 0.29) is 5.97 Å². The molecule has 0 unspecified atom stereocenters. The molecule has 0 atom stereocenters. The van der Waals surface area contributed by atoms with Gasteiger partial charge in [0, 0.05) is 5.56 Å². The molecule has 0 fully saturated rings. The molecule has 100 valence electrons. The van der Waals surface area contributed by atoms with Gasteiger partial charge >= 0.3 is 5.97 Å². The van der Waals surface area contributed by atoms with Crippen molar-refractivity contribution in [3.8, 4) is 11.4 Å². The Morgan fingerprint density at radius 3 is 2.63 bits per heavy atom. The van der Waals surface area contributed by atoms with Crippen molar-refractivity contribution in [2.75, 3.05) is 6.61 Å². The minimum absolute atomic E-state index is 0.314. The molecule has 2 aromatic rings. The van der Waals surface area contributed by atoms with Crippen LogP contribution in [0.4, 0.5) is 0 Å². The SMILES string of the molecule is CCOC(=O)C(C)(C)c1nc(-c2ccccc2)n[nH]1. The van der Waals surface area contributed by atoms with Gasteiger partial charge in [-0.05, 0) is 20.8 Å². The third kappa shape index (κ3) is 2.65. The lowest BCUT2D eigenvalue weighted by molar-refractivity contribution is -0.149. The van der Waals surface area contributed by atoms with E-state index < -0.39 is 5.41 Å². The lowest BCUT2D eigenvalue weighted by Gasteiger charge is -2.18. The number of nitrogens with zero attached hydrogens (tertiary/aromatic N) is 2. The maximum absolute atomic E-state index is 11.9. The van der Waals surface area contributed by atoms with Gasteiger partial charge in [0.05, 0.1) is 6.61 Å². The van der Waals surface area contributed by atoms with Gasteiger partial charge in [0.2, 0.25) is 0 Å². The molecule has 0 aliphatic carbocycles. The molecule has 0 saturated carbocycles. The van der Waals surface area contributed by atoms with Crippen LogP contribution >= 0.6 is 0 Å². The minimum atomic E-state index is -0.837. The second-order valence-corrected chi connectivity index (χ2v) is 4.72. The number of nitrogens with one attached hydrogen (secondary N) is 1. The molecule has 2 rings (SSSR count). The maximum Gasteiger partial charge on any atom is 0.319 e. The van der Waals surface area contributed by atoms with Crippen molar-refractivity contribution >= 4 is 5.97 Å². The number of hydrogen-bond donors (Lipinski definition) is 1. The summed E-state index contributed by atoms with van der Waals surface area (Å²) >= 11 is 0. The topological polar surface area (TPSA) is 67.9 Å². The van der Waals surface area contributed by atoms with E-state index in [9.17, 15) is 4.79 Å². The molecule has 1 N–H and O–H groups in total. The predicted octanol–water partition coefficient (Wildman–Crippen LogP) is 2.31. The van der Waals surface area contributed by atoms with Gasteiger partial charge in [-0.2, -0.15) is 5.10 Å². The summed E-state index contributed by atoms with van der Waals surface area (Å²) in [5.74, 6) is 0.767. The zero-order chi connectivity index (χ0) is 13.9. The van der Waals surface area contributed by atoms with Crippen molar-refractivity contribution < 1.29 is 9.53 Å². The Labute approximate surface area is 112 Å². The fourth-order valence-electron chi connectivity index (χ4n) is 1.67. The Balaban J connectivity index is 2.28. The summed E-state index contributed by atoms with van der Waals surface area (Å²) in [6.07, 6.45) is 0. The summed E-state index contributed by atoms with van der Waals surface area (Å²) in [4.78, 5) is 16.3. The normalized spacial score (nSPS) is 11.3. The predicted molar refractivity (Wildman–Crippen MR) is 71.5 cm³/mol. The van der Waals surface area contributed by atoms with Crippen molar-refractivity contribution in [3.05, 3.63) is 36.2 Å². The maximum atomic E-state index is 11.9. The molecular formula is C14H17N3O2. The largest absolute Gasteiger partial charge is 0.465 e. The highest BCUT2D eigenvalue weighted by Crippen LogP contribution is 2.23. The van der Waals surface area contributed by atoms with Crippen LogP contribution in [0.1, 0.15) is 26.6 Å². The molecule has 1 aromatic carbocycles. The van der Waals surface area contributed by atoms with Gasteiger partial charge in [-0.1, -0.05) is 30.3 Å². The van der Waals surface area contributed by atoms with E-state index in [1.807, 2.05) is 30.3 Å². The Hall–Kier alpha value is -2.17. The molecule has 5 heteroatoms. The van der Waals surface area contributed by atoms with E-state index in [1.165, 1.54) is 0 Å². The van der Waals surface area contributed by atoms with Crippen molar-refractivity contribution in [2.45, 2.75) is 26.2 Å². The lowest BCUT2D eigenvalue weighted by atomic mass is 9.93. The van der Waals surface area contributed by atoms with Gasteiger partial charge in [0.15, 0.2) is 5.82 Å². The molecule has 0 amide bonds. The summed E-state index contributed by atoms with van der Waals surface area (Å²) in [6.45, 7) is 5.66. The number of ether oxygens (including phenoxy) is 1. The van der Waals surface area contributed by atoms with Crippen molar-refractivity contribution in [2.24, 2.45) is 0 Å². The van der Waals surface area contributed by atoms with Crippen molar-refractivity contribution in [3.63, 3.8) is 0 Å². The monoisotopic (exact) mass is 259 g/mol. The molecule has 0 aliphatic heterocycles. The molecule has 19 heavy (non-hydrogen) atoms. The summed E-state index contributed by atoms with van der Waals surface area (Å²) in [5.41, 5.74) is 0.0698. The van der Waals surface area contributed by atoms with Gasteiger partial charge in [0.25, 0.3) is 0 Å². The molecular weight excluding hydrogens is 242 g/mol. The lowest BCUT2D eigenvalue weighted by Crippen LogP contribution is -2.32. The van der Waals surface area contributed by atoms with Gasteiger partial charge < -0.3 is 4.74 Å². The van der Waals surface area contributed by atoms with E-state index >= 15 is 0 Å². The molecule has 0 aliphatic rings. The summed E-state index contributed by atoms with van der Waals surface area (Å²) in [7, 11) is 0. The summed E-state index contributed by atoms with van der Waals surface area (Å²) in [6, 6.07) is 9.61. The van der Waals surface area contributed by atoms with E-state index in [0.29, 0.717) is 18.3 Å². The summed E-state index contributed by atoms with van der Waals surface area (Å²) < 4.78 is 5.05.